The molecular formula is C22H29N3O3S2. The van der Waals surface area contributed by atoms with E-state index in [1.807, 2.05) is 43.0 Å². The van der Waals surface area contributed by atoms with E-state index in [1.165, 1.54) is 29.5 Å². The van der Waals surface area contributed by atoms with E-state index in [4.69, 9.17) is 4.74 Å². The predicted molar refractivity (Wildman–Crippen MR) is 124 cm³/mol. The molecule has 1 aliphatic rings. The number of carbonyl (C=O) groups excluding carboxylic acids is 2. The molecule has 162 valence electrons. The fourth-order valence-electron chi connectivity index (χ4n) is 3.49. The first-order valence-electron chi connectivity index (χ1n) is 10.3. The summed E-state index contributed by atoms with van der Waals surface area (Å²) in [5, 5.41) is 3.44. The van der Waals surface area contributed by atoms with E-state index in [-0.39, 0.29) is 17.6 Å². The van der Waals surface area contributed by atoms with Crippen LogP contribution in [-0.4, -0.2) is 52.9 Å². The molecule has 1 atom stereocenters. The summed E-state index contributed by atoms with van der Waals surface area (Å²) < 4.78 is 5.48. The Kier molecular flexibility index (Phi) is 8.16. The third-order valence-corrected chi connectivity index (χ3v) is 6.75. The Bertz CT molecular complexity index is 867. The number of ether oxygens (including phenoxy) is 1. The third-order valence-electron chi connectivity index (χ3n) is 4.95. The molecule has 0 radical (unpaired) electrons. The lowest BCUT2D eigenvalue weighted by Gasteiger charge is -2.30. The summed E-state index contributed by atoms with van der Waals surface area (Å²) in [6, 6.07) is 7.79. The summed E-state index contributed by atoms with van der Waals surface area (Å²) in [7, 11) is 0. The fourth-order valence-corrected chi connectivity index (χ4v) is 5.06. The molecule has 0 aliphatic carbocycles. The molecular weight excluding hydrogens is 418 g/mol. The zero-order valence-electron chi connectivity index (χ0n) is 17.8. The van der Waals surface area contributed by atoms with Crippen LogP contribution in [0.1, 0.15) is 31.6 Å². The van der Waals surface area contributed by atoms with Crippen LogP contribution in [0.15, 0.2) is 24.3 Å². The van der Waals surface area contributed by atoms with Crippen LogP contribution >= 0.6 is 23.1 Å². The largest absolute Gasteiger partial charge is 0.494 e. The summed E-state index contributed by atoms with van der Waals surface area (Å²) in [5.74, 6) is 1.97. The molecule has 1 saturated heterocycles. The molecule has 30 heavy (non-hydrogen) atoms. The van der Waals surface area contributed by atoms with E-state index in [0.717, 1.165) is 41.4 Å². The number of nitrogens with one attached hydrogen (secondary N) is 1. The lowest BCUT2D eigenvalue weighted by Crippen LogP contribution is -2.40. The van der Waals surface area contributed by atoms with E-state index >= 15 is 0 Å². The van der Waals surface area contributed by atoms with Crippen molar-refractivity contribution in [3.05, 3.63) is 29.1 Å². The number of thioether (sulfide) groups is 1. The van der Waals surface area contributed by atoms with Crippen LogP contribution in [0.25, 0.3) is 11.3 Å². The monoisotopic (exact) mass is 447 g/mol. The van der Waals surface area contributed by atoms with Crippen molar-refractivity contribution in [3.8, 4) is 17.0 Å². The Labute approximate surface area is 186 Å². The molecule has 6 nitrogen and oxygen atoms in total. The highest BCUT2D eigenvalue weighted by atomic mass is 32.2. The number of benzene rings is 1. The van der Waals surface area contributed by atoms with Gasteiger partial charge in [-0.05, 0) is 56.9 Å². The van der Waals surface area contributed by atoms with Gasteiger partial charge < -0.3 is 15.0 Å². The zero-order chi connectivity index (χ0) is 21.5. The van der Waals surface area contributed by atoms with Gasteiger partial charge in [-0.1, -0.05) is 6.92 Å². The number of piperidine rings is 1. The summed E-state index contributed by atoms with van der Waals surface area (Å²) in [6.07, 6.45) is 2.25. The Morgan fingerprint density at radius 2 is 2.07 bits per heavy atom. The van der Waals surface area contributed by atoms with Gasteiger partial charge in [0.2, 0.25) is 11.8 Å². The molecule has 1 fully saturated rings. The first-order chi connectivity index (χ1) is 14.5. The van der Waals surface area contributed by atoms with Crippen LogP contribution in [0.2, 0.25) is 0 Å². The van der Waals surface area contributed by atoms with E-state index < -0.39 is 0 Å². The molecule has 0 bridgehead atoms. The van der Waals surface area contributed by atoms with Gasteiger partial charge >= 0.3 is 0 Å². The third kappa shape index (κ3) is 6.22. The number of anilines is 1. The van der Waals surface area contributed by atoms with E-state index in [9.17, 15) is 9.59 Å². The standard InChI is InChI=1S/C22H29N3O3S2/c1-4-28-18-9-7-17(8-10-18)21-16(3)30-22(24-21)23-19(26)13-29-14-20(27)25-11-5-6-15(2)12-25/h7-10,15H,4-6,11-14H2,1-3H3,(H,23,24,26). The summed E-state index contributed by atoms with van der Waals surface area (Å²) in [6.45, 7) is 8.42. The maximum Gasteiger partial charge on any atom is 0.236 e. The van der Waals surface area contributed by atoms with Crippen LogP contribution in [0.4, 0.5) is 5.13 Å². The molecule has 1 aromatic heterocycles. The van der Waals surface area contributed by atoms with Crippen molar-refractivity contribution in [2.24, 2.45) is 5.92 Å². The molecule has 2 aromatic rings. The highest BCUT2D eigenvalue weighted by Crippen LogP contribution is 2.31. The van der Waals surface area contributed by atoms with Gasteiger partial charge in [-0.3, -0.25) is 9.59 Å². The number of likely N-dealkylation sites (tertiary alicyclic amines) is 1. The predicted octanol–water partition coefficient (Wildman–Crippen LogP) is 4.45. The number of aryl methyl sites for hydroxylation is 1. The molecule has 0 spiro atoms. The topological polar surface area (TPSA) is 71.5 Å². The average molecular weight is 448 g/mol. The fraction of sp³-hybridized carbons (Fsp3) is 0.500. The van der Waals surface area contributed by atoms with Crippen LogP contribution in [0.3, 0.4) is 0 Å². The Morgan fingerprint density at radius 3 is 2.77 bits per heavy atom. The minimum Gasteiger partial charge on any atom is -0.494 e. The van der Waals surface area contributed by atoms with Crippen molar-refractivity contribution in [2.75, 3.05) is 36.5 Å². The van der Waals surface area contributed by atoms with Gasteiger partial charge in [0.15, 0.2) is 5.13 Å². The van der Waals surface area contributed by atoms with Crippen LogP contribution in [0, 0.1) is 12.8 Å². The van der Waals surface area contributed by atoms with Crippen LogP contribution in [0.5, 0.6) is 5.75 Å². The SMILES string of the molecule is CCOc1ccc(-c2nc(NC(=O)CSCC(=O)N3CCCC(C)C3)sc2C)cc1. The highest BCUT2D eigenvalue weighted by molar-refractivity contribution is 8.00. The van der Waals surface area contributed by atoms with E-state index in [2.05, 4.69) is 17.2 Å². The van der Waals surface area contributed by atoms with Crippen molar-refractivity contribution in [1.29, 1.82) is 0 Å². The average Bonchev–Trinajstić information content (AvgIpc) is 3.08. The molecule has 0 saturated carbocycles. The Morgan fingerprint density at radius 1 is 1.30 bits per heavy atom. The molecule has 1 unspecified atom stereocenters. The van der Waals surface area contributed by atoms with E-state index in [0.29, 0.717) is 23.4 Å². The Hall–Kier alpha value is -2.06. The second-order valence-electron chi connectivity index (χ2n) is 7.51. The molecule has 1 aromatic carbocycles. The van der Waals surface area contributed by atoms with Gasteiger partial charge in [-0.25, -0.2) is 4.98 Å². The second-order valence-corrected chi connectivity index (χ2v) is 9.70. The molecule has 1 aliphatic heterocycles. The smallest absolute Gasteiger partial charge is 0.236 e. The van der Waals surface area contributed by atoms with Crippen LogP contribution < -0.4 is 10.1 Å². The number of aromatic nitrogens is 1. The number of hydrogen-bond acceptors (Lipinski definition) is 6. The van der Waals surface area contributed by atoms with Gasteiger partial charge in [0, 0.05) is 23.5 Å². The molecule has 3 rings (SSSR count). The van der Waals surface area contributed by atoms with Gasteiger partial charge in [-0.2, -0.15) is 0 Å². The van der Waals surface area contributed by atoms with Gasteiger partial charge in [0.25, 0.3) is 0 Å². The number of carbonyl (C=O) groups is 2. The number of hydrogen-bond donors (Lipinski definition) is 1. The molecule has 8 heteroatoms. The molecule has 2 heterocycles. The maximum absolute atomic E-state index is 12.3. The molecule has 2 amide bonds. The minimum absolute atomic E-state index is 0.127. The number of thiazole rings is 1. The quantitative estimate of drug-likeness (QED) is 0.647. The molecule has 1 N–H and O–H groups in total. The lowest BCUT2D eigenvalue weighted by atomic mass is 10.0. The normalized spacial score (nSPS) is 16.4. The number of amides is 2. The van der Waals surface area contributed by atoms with Crippen molar-refractivity contribution in [1.82, 2.24) is 9.88 Å². The maximum atomic E-state index is 12.3. The summed E-state index contributed by atoms with van der Waals surface area (Å²) >= 11 is 2.81. The first-order valence-corrected chi connectivity index (χ1v) is 12.3. The van der Waals surface area contributed by atoms with E-state index in [1.54, 1.807) is 0 Å². The Balaban J connectivity index is 1.48. The van der Waals surface area contributed by atoms with Gasteiger partial charge in [0.05, 0.1) is 23.8 Å². The van der Waals surface area contributed by atoms with Crippen molar-refractivity contribution < 1.29 is 14.3 Å². The number of nitrogens with zero attached hydrogens (tertiary/aromatic N) is 2. The highest BCUT2D eigenvalue weighted by Gasteiger charge is 2.21. The summed E-state index contributed by atoms with van der Waals surface area (Å²) in [5.41, 5.74) is 1.85. The minimum atomic E-state index is -0.133. The second kappa shape index (κ2) is 10.8. The number of rotatable bonds is 8. The van der Waals surface area contributed by atoms with Crippen molar-refractivity contribution >= 4 is 40.0 Å². The van der Waals surface area contributed by atoms with Gasteiger partial charge in [0.1, 0.15) is 5.75 Å². The van der Waals surface area contributed by atoms with Crippen molar-refractivity contribution in [3.63, 3.8) is 0 Å². The lowest BCUT2D eigenvalue weighted by molar-refractivity contribution is -0.130. The van der Waals surface area contributed by atoms with Crippen LogP contribution in [-0.2, 0) is 9.59 Å². The van der Waals surface area contributed by atoms with Crippen molar-refractivity contribution in [2.45, 2.75) is 33.6 Å². The first kappa shape index (κ1) is 22.6. The zero-order valence-corrected chi connectivity index (χ0v) is 19.4. The summed E-state index contributed by atoms with van der Waals surface area (Å²) in [4.78, 5) is 32.1. The van der Waals surface area contributed by atoms with Gasteiger partial charge in [-0.15, -0.1) is 23.1 Å².